The van der Waals surface area contributed by atoms with Gasteiger partial charge in [-0.1, -0.05) is 35.9 Å². The second-order valence-corrected chi connectivity index (χ2v) is 6.97. The number of carbonyl (C=O) groups excluding carboxylic acids is 3. The smallest absolute Gasteiger partial charge is 0.294 e. The number of thioether (sulfide) groups is 1. The highest BCUT2D eigenvalue weighted by Gasteiger charge is 2.36. The van der Waals surface area contributed by atoms with Crippen molar-refractivity contribution in [2.45, 2.75) is 0 Å². The van der Waals surface area contributed by atoms with Crippen LogP contribution in [0.5, 0.6) is 5.75 Å². The molecule has 2 aromatic carbocycles. The number of para-hydroxylation sites is 1. The van der Waals surface area contributed by atoms with Crippen molar-refractivity contribution in [1.82, 2.24) is 4.90 Å². The third kappa shape index (κ3) is 4.50. The topological polar surface area (TPSA) is 75.7 Å². The summed E-state index contributed by atoms with van der Waals surface area (Å²) in [5.41, 5.74) is 1.17. The molecule has 8 heteroatoms. The minimum Gasteiger partial charge on any atom is -0.497 e. The predicted octanol–water partition coefficient (Wildman–Crippen LogP) is 4.02. The standard InChI is InChI=1S/C19H15ClN2O4S/c1-26-13-8-6-12(7-9-13)10-16-18(24)22(19(25)27-16)11-17(23)21-15-5-3-2-4-14(15)20/h2-10H,11H2,1H3,(H,21,23)/b16-10+. The Morgan fingerprint density at radius 2 is 1.89 bits per heavy atom. The van der Waals surface area contributed by atoms with E-state index < -0.39 is 17.1 Å². The molecule has 3 rings (SSSR count). The van der Waals surface area contributed by atoms with Crippen LogP contribution in [-0.2, 0) is 9.59 Å². The summed E-state index contributed by atoms with van der Waals surface area (Å²) in [5, 5.41) is 2.48. The molecule has 0 bridgehead atoms. The second-order valence-electron chi connectivity index (χ2n) is 5.57. The van der Waals surface area contributed by atoms with Crippen LogP contribution in [0.15, 0.2) is 53.4 Å². The van der Waals surface area contributed by atoms with Gasteiger partial charge >= 0.3 is 0 Å². The SMILES string of the molecule is COc1ccc(/C=C2/SC(=O)N(CC(=O)Nc3ccccc3Cl)C2=O)cc1. The zero-order chi connectivity index (χ0) is 19.4. The molecule has 0 atom stereocenters. The van der Waals surface area contributed by atoms with E-state index in [1.807, 2.05) is 0 Å². The van der Waals surface area contributed by atoms with Crippen LogP contribution in [-0.4, -0.2) is 35.6 Å². The van der Waals surface area contributed by atoms with Crippen molar-refractivity contribution in [2.75, 3.05) is 19.0 Å². The van der Waals surface area contributed by atoms with Crippen molar-refractivity contribution in [1.29, 1.82) is 0 Å². The van der Waals surface area contributed by atoms with Gasteiger partial charge in [-0.15, -0.1) is 0 Å². The number of nitrogens with zero attached hydrogens (tertiary/aromatic N) is 1. The second kappa shape index (κ2) is 8.28. The number of halogens is 1. The fourth-order valence-electron chi connectivity index (χ4n) is 2.38. The van der Waals surface area contributed by atoms with Crippen molar-refractivity contribution in [3.63, 3.8) is 0 Å². The van der Waals surface area contributed by atoms with Crippen LogP contribution in [0.3, 0.4) is 0 Å². The van der Waals surface area contributed by atoms with Gasteiger partial charge in [-0.2, -0.15) is 0 Å². The average molecular weight is 403 g/mol. The molecule has 1 saturated heterocycles. The molecule has 138 valence electrons. The molecule has 6 nitrogen and oxygen atoms in total. The summed E-state index contributed by atoms with van der Waals surface area (Å²) in [6, 6.07) is 13.8. The molecular weight excluding hydrogens is 388 g/mol. The van der Waals surface area contributed by atoms with E-state index in [1.54, 1.807) is 61.7 Å². The Bertz CT molecular complexity index is 928. The van der Waals surface area contributed by atoms with Gasteiger partial charge in [0.1, 0.15) is 12.3 Å². The van der Waals surface area contributed by atoms with Gasteiger partial charge in [0.05, 0.1) is 22.7 Å². The maximum absolute atomic E-state index is 12.5. The molecule has 0 unspecified atom stereocenters. The Balaban J connectivity index is 1.69. The van der Waals surface area contributed by atoms with E-state index in [-0.39, 0.29) is 11.4 Å². The maximum atomic E-state index is 12.5. The first-order chi connectivity index (χ1) is 13.0. The van der Waals surface area contributed by atoms with Crippen molar-refractivity contribution in [2.24, 2.45) is 0 Å². The summed E-state index contributed by atoms with van der Waals surface area (Å²) < 4.78 is 5.09. The Hall–Kier alpha value is -2.77. The first-order valence-electron chi connectivity index (χ1n) is 7.92. The molecule has 1 fully saturated rings. The van der Waals surface area contributed by atoms with Crippen LogP contribution >= 0.6 is 23.4 Å². The molecule has 0 aliphatic carbocycles. The van der Waals surface area contributed by atoms with E-state index in [0.717, 1.165) is 22.2 Å². The van der Waals surface area contributed by atoms with Gasteiger partial charge in [-0.3, -0.25) is 19.3 Å². The minimum absolute atomic E-state index is 0.260. The number of carbonyl (C=O) groups is 3. The van der Waals surface area contributed by atoms with Gasteiger partial charge in [-0.05, 0) is 47.7 Å². The number of amides is 3. The molecule has 2 aromatic rings. The van der Waals surface area contributed by atoms with E-state index >= 15 is 0 Å². The summed E-state index contributed by atoms with van der Waals surface area (Å²) >= 11 is 6.79. The number of nitrogens with one attached hydrogen (secondary N) is 1. The van der Waals surface area contributed by atoms with Crippen LogP contribution in [0.1, 0.15) is 5.56 Å². The molecule has 0 saturated carbocycles. The minimum atomic E-state index is -0.505. The molecule has 27 heavy (non-hydrogen) atoms. The van der Waals surface area contributed by atoms with Gasteiger partial charge < -0.3 is 10.1 Å². The summed E-state index contributed by atoms with van der Waals surface area (Å²) in [7, 11) is 1.56. The highest BCUT2D eigenvalue weighted by atomic mass is 35.5. The average Bonchev–Trinajstić information content (AvgIpc) is 2.91. The molecule has 1 aliphatic rings. The fourth-order valence-corrected chi connectivity index (χ4v) is 3.40. The molecule has 1 N–H and O–H groups in total. The number of imide groups is 1. The van der Waals surface area contributed by atoms with Crippen molar-refractivity contribution < 1.29 is 19.1 Å². The predicted molar refractivity (Wildman–Crippen MR) is 106 cm³/mol. The van der Waals surface area contributed by atoms with Crippen LogP contribution in [0.4, 0.5) is 10.5 Å². The number of ether oxygens (including phenoxy) is 1. The fraction of sp³-hybridized carbons (Fsp3) is 0.105. The zero-order valence-electron chi connectivity index (χ0n) is 14.3. The quantitative estimate of drug-likeness (QED) is 0.764. The highest BCUT2D eigenvalue weighted by molar-refractivity contribution is 8.18. The van der Waals surface area contributed by atoms with Crippen LogP contribution < -0.4 is 10.1 Å². The number of hydrogen-bond donors (Lipinski definition) is 1. The lowest BCUT2D eigenvalue weighted by atomic mass is 10.2. The number of benzene rings is 2. The Morgan fingerprint density at radius 1 is 1.19 bits per heavy atom. The number of hydrogen-bond acceptors (Lipinski definition) is 5. The molecule has 0 spiro atoms. The van der Waals surface area contributed by atoms with Crippen LogP contribution in [0.25, 0.3) is 6.08 Å². The molecular formula is C19H15ClN2O4S. The highest BCUT2D eigenvalue weighted by Crippen LogP contribution is 2.32. The van der Waals surface area contributed by atoms with E-state index in [1.165, 1.54) is 0 Å². The Morgan fingerprint density at radius 3 is 2.56 bits per heavy atom. The van der Waals surface area contributed by atoms with Crippen LogP contribution in [0.2, 0.25) is 5.02 Å². The van der Waals surface area contributed by atoms with Gasteiger partial charge in [0.2, 0.25) is 5.91 Å². The van der Waals surface area contributed by atoms with E-state index in [4.69, 9.17) is 16.3 Å². The molecule has 0 aromatic heterocycles. The summed E-state index contributed by atoms with van der Waals surface area (Å²) in [6.07, 6.45) is 1.61. The normalized spacial score (nSPS) is 15.3. The van der Waals surface area contributed by atoms with Gasteiger partial charge in [0.25, 0.3) is 11.1 Å². The monoisotopic (exact) mass is 402 g/mol. The number of anilines is 1. The lowest BCUT2D eigenvalue weighted by molar-refractivity contribution is -0.127. The lowest BCUT2D eigenvalue weighted by Gasteiger charge is -2.13. The van der Waals surface area contributed by atoms with E-state index in [9.17, 15) is 14.4 Å². The first-order valence-corrected chi connectivity index (χ1v) is 9.11. The summed E-state index contributed by atoms with van der Waals surface area (Å²) in [4.78, 5) is 38.0. The zero-order valence-corrected chi connectivity index (χ0v) is 15.8. The largest absolute Gasteiger partial charge is 0.497 e. The van der Waals surface area contributed by atoms with Crippen LogP contribution in [0, 0.1) is 0 Å². The molecule has 1 aliphatic heterocycles. The van der Waals surface area contributed by atoms with Gasteiger partial charge in [0, 0.05) is 0 Å². The molecule has 1 heterocycles. The van der Waals surface area contributed by atoms with Gasteiger partial charge in [0.15, 0.2) is 0 Å². The first kappa shape index (κ1) is 19.0. The molecule has 0 radical (unpaired) electrons. The Labute approximate surface area is 165 Å². The third-order valence-electron chi connectivity index (χ3n) is 3.74. The number of rotatable bonds is 5. The maximum Gasteiger partial charge on any atom is 0.294 e. The van der Waals surface area contributed by atoms with E-state index in [0.29, 0.717) is 16.5 Å². The van der Waals surface area contributed by atoms with Crippen molar-refractivity contribution >= 4 is 52.2 Å². The Kier molecular flexibility index (Phi) is 5.83. The van der Waals surface area contributed by atoms with E-state index in [2.05, 4.69) is 5.32 Å². The summed E-state index contributed by atoms with van der Waals surface area (Å²) in [5.74, 6) is -0.317. The third-order valence-corrected chi connectivity index (χ3v) is 4.97. The lowest BCUT2D eigenvalue weighted by Crippen LogP contribution is -2.36. The summed E-state index contributed by atoms with van der Waals surface area (Å²) in [6.45, 7) is -0.379. The van der Waals surface area contributed by atoms with Gasteiger partial charge in [-0.25, -0.2) is 0 Å². The van der Waals surface area contributed by atoms with Crippen molar-refractivity contribution in [3.05, 3.63) is 64.0 Å². The number of methoxy groups -OCH3 is 1. The molecule has 3 amide bonds. The van der Waals surface area contributed by atoms with Crippen molar-refractivity contribution in [3.8, 4) is 5.75 Å².